The van der Waals surface area contributed by atoms with Crippen molar-refractivity contribution in [3.05, 3.63) is 58.9 Å². The van der Waals surface area contributed by atoms with Crippen LogP contribution in [0.2, 0.25) is 0 Å². The first kappa shape index (κ1) is 13.2. The number of benzene rings is 2. The van der Waals surface area contributed by atoms with Crippen LogP contribution in [0.25, 0.3) is 22.0 Å². The lowest BCUT2D eigenvalue weighted by Gasteiger charge is -2.12. The minimum Gasteiger partial charge on any atom is -0.497 e. The average Bonchev–Trinajstić information content (AvgIpc) is 2.53. The van der Waals surface area contributed by atoms with Crippen LogP contribution in [0.15, 0.2) is 53.3 Å². The largest absolute Gasteiger partial charge is 0.497 e. The normalized spacial score (nSPS) is 10.6. The van der Waals surface area contributed by atoms with Crippen LogP contribution in [0.4, 0.5) is 0 Å². The summed E-state index contributed by atoms with van der Waals surface area (Å²) in [6.07, 6.45) is 0. The van der Waals surface area contributed by atoms with Crippen LogP contribution >= 0.6 is 0 Å². The van der Waals surface area contributed by atoms with Crippen molar-refractivity contribution in [1.29, 1.82) is 0 Å². The highest BCUT2D eigenvalue weighted by Gasteiger charge is 2.12. The number of aromatic amines is 1. The van der Waals surface area contributed by atoms with Crippen molar-refractivity contribution in [3.8, 4) is 22.8 Å². The summed E-state index contributed by atoms with van der Waals surface area (Å²) in [5, 5.41) is 1.87. The summed E-state index contributed by atoms with van der Waals surface area (Å²) in [5.74, 6) is 1.36. The number of hydrogen-bond donors (Lipinski definition) is 1. The zero-order valence-electron chi connectivity index (χ0n) is 11.8. The number of rotatable bonds is 3. The van der Waals surface area contributed by atoms with E-state index in [2.05, 4.69) is 4.98 Å². The van der Waals surface area contributed by atoms with Crippen molar-refractivity contribution in [2.75, 3.05) is 14.2 Å². The molecule has 0 aliphatic rings. The van der Waals surface area contributed by atoms with Gasteiger partial charge in [-0.2, -0.15) is 0 Å². The SMILES string of the molecule is COc1ccc(-c2[nH]c(=O)cc3ccccc23)c(OC)c1. The molecule has 4 heteroatoms. The van der Waals surface area contributed by atoms with E-state index in [1.54, 1.807) is 26.4 Å². The summed E-state index contributed by atoms with van der Waals surface area (Å²) < 4.78 is 10.6. The summed E-state index contributed by atoms with van der Waals surface area (Å²) in [7, 11) is 3.20. The predicted octanol–water partition coefficient (Wildman–Crippen LogP) is 3.21. The standard InChI is InChI=1S/C17H15NO3/c1-20-12-7-8-14(15(10-12)21-2)17-13-6-4-3-5-11(13)9-16(19)18-17/h3-10H,1-2H3,(H,18,19). The van der Waals surface area contributed by atoms with Crippen molar-refractivity contribution in [3.63, 3.8) is 0 Å². The molecular weight excluding hydrogens is 266 g/mol. The third-order valence-electron chi connectivity index (χ3n) is 3.44. The van der Waals surface area contributed by atoms with Gasteiger partial charge >= 0.3 is 0 Å². The minimum atomic E-state index is -0.137. The van der Waals surface area contributed by atoms with E-state index in [-0.39, 0.29) is 5.56 Å². The highest BCUT2D eigenvalue weighted by Crippen LogP contribution is 2.35. The molecule has 4 nitrogen and oxygen atoms in total. The van der Waals surface area contributed by atoms with Gasteiger partial charge in [0.1, 0.15) is 11.5 Å². The van der Waals surface area contributed by atoms with Crippen molar-refractivity contribution in [1.82, 2.24) is 4.98 Å². The molecule has 0 saturated heterocycles. The quantitative estimate of drug-likeness (QED) is 0.802. The maximum Gasteiger partial charge on any atom is 0.249 e. The van der Waals surface area contributed by atoms with E-state index in [1.165, 1.54) is 0 Å². The molecule has 2 aromatic carbocycles. The first-order valence-electron chi connectivity index (χ1n) is 6.57. The topological polar surface area (TPSA) is 51.3 Å². The lowest BCUT2D eigenvalue weighted by Crippen LogP contribution is -2.06. The summed E-state index contributed by atoms with van der Waals surface area (Å²) >= 11 is 0. The molecule has 0 unspecified atom stereocenters. The van der Waals surface area contributed by atoms with Crippen LogP contribution < -0.4 is 15.0 Å². The predicted molar refractivity (Wildman–Crippen MR) is 83.1 cm³/mol. The summed E-state index contributed by atoms with van der Waals surface area (Å²) in [4.78, 5) is 14.8. The van der Waals surface area contributed by atoms with E-state index in [9.17, 15) is 4.79 Å². The zero-order chi connectivity index (χ0) is 14.8. The molecule has 0 saturated carbocycles. The van der Waals surface area contributed by atoms with E-state index >= 15 is 0 Å². The number of nitrogens with one attached hydrogen (secondary N) is 1. The zero-order valence-corrected chi connectivity index (χ0v) is 11.8. The smallest absolute Gasteiger partial charge is 0.249 e. The average molecular weight is 281 g/mol. The van der Waals surface area contributed by atoms with Gasteiger partial charge in [-0.3, -0.25) is 4.79 Å². The molecule has 0 aliphatic carbocycles. The molecule has 1 aromatic heterocycles. The van der Waals surface area contributed by atoms with Gasteiger partial charge in [0.05, 0.1) is 19.9 Å². The van der Waals surface area contributed by atoms with E-state index < -0.39 is 0 Å². The van der Waals surface area contributed by atoms with Gasteiger partial charge in [0, 0.05) is 23.1 Å². The molecule has 0 atom stereocenters. The Kier molecular flexibility index (Phi) is 3.36. The van der Waals surface area contributed by atoms with Crippen LogP contribution in [-0.2, 0) is 0 Å². The van der Waals surface area contributed by atoms with Crippen molar-refractivity contribution in [2.45, 2.75) is 0 Å². The van der Waals surface area contributed by atoms with Gasteiger partial charge in [-0.1, -0.05) is 24.3 Å². The maximum atomic E-state index is 11.9. The second kappa shape index (κ2) is 5.32. The first-order valence-corrected chi connectivity index (χ1v) is 6.57. The third kappa shape index (κ3) is 2.36. The molecule has 3 aromatic rings. The number of ether oxygens (including phenoxy) is 2. The molecule has 106 valence electrons. The van der Waals surface area contributed by atoms with E-state index in [0.717, 1.165) is 22.0 Å². The van der Waals surface area contributed by atoms with Crippen LogP contribution in [0.1, 0.15) is 0 Å². The Morgan fingerprint density at radius 1 is 0.952 bits per heavy atom. The lowest BCUT2D eigenvalue weighted by molar-refractivity contribution is 0.395. The Morgan fingerprint density at radius 3 is 2.52 bits per heavy atom. The van der Waals surface area contributed by atoms with Gasteiger partial charge in [0.25, 0.3) is 0 Å². The van der Waals surface area contributed by atoms with Crippen LogP contribution in [0, 0.1) is 0 Å². The summed E-state index contributed by atoms with van der Waals surface area (Å²) in [6, 6.07) is 14.9. The van der Waals surface area contributed by atoms with Crippen molar-refractivity contribution in [2.24, 2.45) is 0 Å². The van der Waals surface area contributed by atoms with Crippen LogP contribution in [0.3, 0.4) is 0 Å². The number of pyridine rings is 1. The maximum absolute atomic E-state index is 11.9. The van der Waals surface area contributed by atoms with Gasteiger partial charge in [-0.15, -0.1) is 0 Å². The van der Waals surface area contributed by atoms with Gasteiger partial charge in [-0.25, -0.2) is 0 Å². The number of hydrogen-bond acceptors (Lipinski definition) is 3. The Hall–Kier alpha value is -2.75. The Bertz CT molecular complexity index is 852. The third-order valence-corrected chi connectivity index (χ3v) is 3.44. The van der Waals surface area contributed by atoms with Gasteiger partial charge in [0.2, 0.25) is 5.56 Å². The molecule has 0 spiro atoms. The monoisotopic (exact) mass is 281 g/mol. The number of aromatic nitrogens is 1. The lowest BCUT2D eigenvalue weighted by atomic mass is 10.0. The van der Waals surface area contributed by atoms with E-state index in [0.29, 0.717) is 11.5 Å². The molecule has 0 amide bonds. The molecule has 0 fully saturated rings. The number of H-pyrrole nitrogens is 1. The second-order valence-corrected chi connectivity index (χ2v) is 4.66. The van der Waals surface area contributed by atoms with Crippen molar-refractivity contribution >= 4 is 10.8 Å². The Balaban J connectivity index is 2.32. The van der Waals surface area contributed by atoms with Crippen molar-refractivity contribution < 1.29 is 9.47 Å². The first-order chi connectivity index (χ1) is 10.2. The van der Waals surface area contributed by atoms with Gasteiger partial charge in [0.15, 0.2) is 0 Å². The van der Waals surface area contributed by atoms with E-state index in [1.807, 2.05) is 36.4 Å². The number of methoxy groups -OCH3 is 2. The highest BCUT2D eigenvalue weighted by atomic mass is 16.5. The van der Waals surface area contributed by atoms with E-state index in [4.69, 9.17) is 9.47 Å². The Morgan fingerprint density at radius 2 is 1.76 bits per heavy atom. The fraction of sp³-hybridized carbons (Fsp3) is 0.118. The second-order valence-electron chi connectivity index (χ2n) is 4.66. The molecule has 1 heterocycles. The number of fused-ring (bicyclic) bond motifs is 1. The molecule has 3 rings (SSSR count). The van der Waals surface area contributed by atoms with Gasteiger partial charge < -0.3 is 14.5 Å². The molecule has 21 heavy (non-hydrogen) atoms. The molecule has 0 aliphatic heterocycles. The Labute approximate surface area is 122 Å². The summed E-state index contributed by atoms with van der Waals surface area (Å²) in [6.45, 7) is 0. The molecule has 1 N–H and O–H groups in total. The molecule has 0 bridgehead atoms. The fourth-order valence-electron chi connectivity index (χ4n) is 2.44. The highest BCUT2D eigenvalue weighted by molar-refractivity contribution is 5.95. The fourth-order valence-corrected chi connectivity index (χ4v) is 2.44. The van der Waals surface area contributed by atoms with Crippen LogP contribution in [-0.4, -0.2) is 19.2 Å². The van der Waals surface area contributed by atoms with Gasteiger partial charge in [-0.05, 0) is 17.5 Å². The summed E-state index contributed by atoms with van der Waals surface area (Å²) in [5.41, 5.74) is 1.44. The minimum absolute atomic E-state index is 0.137. The van der Waals surface area contributed by atoms with Crippen LogP contribution in [0.5, 0.6) is 11.5 Å². The molecular formula is C17H15NO3. The molecule has 0 radical (unpaired) electrons.